The van der Waals surface area contributed by atoms with Gasteiger partial charge in [0.1, 0.15) is 5.66 Å². The maximum atomic E-state index is 4.74. The van der Waals surface area contributed by atoms with Crippen molar-refractivity contribution in [1.82, 2.24) is 4.90 Å². The molecule has 90 valence electrons. The van der Waals surface area contributed by atoms with Gasteiger partial charge in [-0.3, -0.25) is 4.99 Å². The van der Waals surface area contributed by atoms with E-state index in [2.05, 4.69) is 59.9 Å². The average molecular weight is 220 g/mol. The van der Waals surface area contributed by atoms with Crippen LogP contribution in [0.1, 0.15) is 48.5 Å². The second-order valence-corrected chi connectivity index (χ2v) is 5.42. The van der Waals surface area contributed by atoms with Gasteiger partial charge in [0.15, 0.2) is 0 Å². The third-order valence-corrected chi connectivity index (χ3v) is 3.15. The Morgan fingerprint density at radius 2 is 1.81 bits per heavy atom. The van der Waals surface area contributed by atoms with Crippen molar-refractivity contribution >= 4 is 5.71 Å². The van der Waals surface area contributed by atoms with Crippen molar-refractivity contribution in [2.75, 3.05) is 0 Å². The van der Waals surface area contributed by atoms with Crippen molar-refractivity contribution in [3.05, 3.63) is 23.4 Å². The molecule has 0 aromatic heterocycles. The van der Waals surface area contributed by atoms with E-state index >= 15 is 0 Å². The van der Waals surface area contributed by atoms with Crippen molar-refractivity contribution < 1.29 is 0 Å². The Balaban J connectivity index is 3.25. The second-order valence-electron chi connectivity index (χ2n) is 5.42. The van der Waals surface area contributed by atoms with Crippen LogP contribution in [-0.4, -0.2) is 22.3 Å². The van der Waals surface area contributed by atoms with Gasteiger partial charge >= 0.3 is 0 Å². The molecule has 0 spiro atoms. The van der Waals surface area contributed by atoms with E-state index in [0.29, 0.717) is 6.04 Å². The van der Waals surface area contributed by atoms with Gasteiger partial charge in [-0.05, 0) is 54.0 Å². The Hall–Kier alpha value is -1.05. The summed E-state index contributed by atoms with van der Waals surface area (Å²) in [6, 6.07) is 0.358. The maximum Gasteiger partial charge on any atom is 0.126 e. The molecule has 1 rings (SSSR count). The summed E-state index contributed by atoms with van der Waals surface area (Å²) in [5.74, 6) is 0. The summed E-state index contributed by atoms with van der Waals surface area (Å²) in [6.45, 7) is 19.1. The van der Waals surface area contributed by atoms with Gasteiger partial charge in [0, 0.05) is 11.4 Å². The molecule has 16 heavy (non-hydrogen) atoms. The Kier molecular flexibility index (Phi) is 3.32. The second kappa shape index (κ2) is 4.08. The molecule has 1 unspecified atom stereocenters. The molecule has 0 saturated carbocycles. The van der Waals surface area contributed by atoms with Gasteiger partial charge in [0.05, 0.1) is 6.04 Å². The van der Waals surface area contributed by atoms with E-state index in [4.69, 9.17) is 4.99 Å². The number of hydrogen-bond donors (Lipinski definition) is 0. The molecule has 0 aromatic carbocycles. The van der Waals surface area contributed by atoms with Gasteiger partial charge in [0.25, 0.3) is 0 Å². The zero-order valence-electron chi connectivity index (χ0n) is 11.7. The molecule has 0 bridgehead atoms. The first-order valence-corrected chi connectivity index (χ1v) is 5.87. The Morgan fingerprint density at radius 3 is 2.06 bits per heavy atom. The molecule has 0 fully saturated rings. The number of rotatable bonds is 2. The van der Waals surface area contributed by atoms with Crippen LogP contribution in [0, 0.1) is 0 Å². The maximum absolute atomic E-state index is 4.74. The standard InChI is InChI=1S/C14H24N2/c1-9(2)13(10(3)4)16-12(6)11(5)15-14(16,7)8/h12H,1H2,2-8H3. The zero-order valence-corrected chi connectivity index (χ0v) is 11.7. The van der Waals surface area contributed by atoms with Gasteiger partial charge in [-0.15, -0.1) is 0 Å². The fourth-order valence-electron chi connectivity index (χ4n) is 2.58. The van der Waals surface area contributed by atoms with Crippen molar-refractivity contribution in [3.8, 4) is 0 Å². The molecule has 0 radical (unpaired) electrons. The van der Waals surface area contributed by atoms with Crippen LogP contribution in [0.3, 0.4) is 0 Å². The zero-order chi connectivity index (χ0) is 12.7. The summed E-state index contributed by atoms with van der Waals surface area (Å²) in [4.78, 5) is 7.11. The van der Waals surface area contributed by atoms with Crippen LogP contribution in [0.4, 0.5) is 0 Å². The molecule has 1 aliphatic heterocycles. The van der Waals surface area contributed by atoms with Crippen molar-refractivity contribution in [1.29, 1.82) is 0 Å². The molecule has 0 amide bonds. The summed E-state index contributed by atoms with van der Waals surface area (Å²) >= 11 is 0. The number of nitrogens with zero attached hydrogens (tertiary/aromatic N) is 2. The lowest BCUT2D eigenvalue weighted by atomic mass is 10.0. The number of allylic oxidation sites excluding steroid dienone is 2. The van der Waals surface area contributed by atoms with Crippen LogP contribution in [0.25, 0.3) is 0 Å². The van der Waals surface area contributed by atoms with Crippen LogP contribution in [-0.2, 0) is 0 Å². The minimum Gasteiger partial charge on any atom is -0.339 e. The first-order valence-electron chi connectivity index (χ1n) is 5.87. The Morgan fingerprint density at radius 1 is 1.31 bits per heavy atom. The van der Waals surface area contributed by atoms with E-state index in [1.165, 1.54) is 17.0 Å². The van der Waals surface area contributed by atoms with Gasteiger partial charge in [-0.2, -0.15) is 0 Å². The summed E-state index contributed by atoms with van der Waals surface area (Å²) in [5, 5.41) is 0. The topological polar surface area (TPSA) is 15.6 Å². The lowest BCUT2D eigenvalue weighted by molar-refractivity contribution is 0.185. The molecule has 0 N–H and O–H groups in total. The minimum atomic E-state index is -0.158. The van der Waals surface area contributed by atoms with E-state index in [9.17, 15) is 0 Å². The highest BCUT2D eigenvalue weighted by molar-refractivity contribution is 5.89. The number of aliphatic imine (C=N–C) groups is 1. The Bertz CT molecular complexity index is 368. The van der Waals surface area contributed by atoms with E-state index in [-0.39, 0.29) is 5.66 Å². The van der Waals surface area contributed by atoms with E-state index in [1.54, 1.807) is 0 Å². The third kappa shape index (κ3) is 2.06. The molecule has 1 atom stereocenters. The van der Waals surface area contributed by atoms with E-state index in [0.717, 1.165) is 5.57 Å². The normalized spacial score (nSPS) is 23.1. The predicted octanol–water partition coefficient (Wildman–Crippen LogP) is 3.76. The highest BCUT2D eigenvalue weighted by atomic mass is 15.4. The molecule has 2 heteroatoms. The van der Waals surface area contributed by atoms with Crippen LogP contribution in [0.2, 0.25) is 0 Å². The predicted molar refractivity (Wildman–Crippen MR) is 71.7 cm³/mol. The fraction of sp³-hybridized carbons (Fsp3) is 0.643. The highest BCUT2D eigenvalue weighted by Crippen LogP contribution is 2.35. The molecule has 0 saturated heterocycles. The number of hydrogen-bond acceptors (Lipinski definition) is 2. The lowest BCUT2D eigenvalue weighted by Crippen LogP contribution is -2.43. The smallest absolute Gasteiger partial charge is 0.126 e. The van der Waals surface area contributed by atoms with Gasteiger partial charge in [0.2, 0.25) is 0 Å². The van der Waals surface area contributed by atoms with Crippen molar-refractivity contribution in [2.24, 2.45) is 4.99 Å². The first kappa shape index (κ1) is 13.0. The highest BCUT2D eigenvalue weighted by Gasteiger charge is 2.38. The SMILES string of the molecule is C=C(C)C(=C(C)C)N1C(C)C(C)=NC1(C)C. The summed E-state index contributed by atoms with van der Waals surface area (Å²) in [7, 11) is 0. The molecular formula is C14H24N2. The average Bonchev–Trinajstić information content (AvgIpc) is 2.26. The van der Waals surface area contributed by atoms with Crippen molar-refractivity contribution in [3.63, 3.8) is 0 Å². The van der Waals surface area contributed by atoms with Crippen LogP contribution in [0.15, 0.2) is 28.4 Å². The van der Waals surface area contributed by atoms with E-state index in [1.807, 2.05) is 0 Å². The minimum absolute atomic E-state index is 0.158. The first-order chi connectivity index (χ1) is 7.18. The van der Waals surface area contributed by atoms with Crippen molar-refractivity contribution in [2.45, 2.75) is 60.2 Å². The summed E-state index contributed by atoms with van der Waals surface area (Å²) in [5.41, 5.74) is 4.71. The molecule has 0 aromatic rings. The van der Waals surface area contributed by atoms with Gasteiger partial charge in [-0.25, -0.2) is 0 Å². The van der Waals surface area contributed by atoms with Gasteiger partial charge < -0.3 is 4.90 Å². The van der Waals surface area contributed by atoms with Gasteiger partial charge in [-0.1, -0.05) is 12.2 Å². The van der Waals surface area contributed by atoms with Crippen LogP contribution < -0.4 is 0 Å². The third-order valence-electron chi connectivity index (χ3n) is 3.15. The lowest BCUT2D eigenvalue weighted by Gasteiger charge is -2.38. The molecule has 2 nitrogen and oxygen atoms in total. The molecule has 0 aliphatic carbocycles. The molecular weight excluding hydrogens is 196 g/mol. The Labute approximate surface area is 99.8 Å². The monoisotopic (exact) mass is 220 g/mol. The summed E-state index contributed by atoms with van der Waals surface area (Å²) in [6.07, 6.45) is 0. The van der Waals surface area contributed by atoms with E-state index < -0.39 is 0 Å². The largest absolute Gasteiger partial charge is 0.339 e. The fourth-order valence-corrected chi connectivity index (χ4v) is 2.58. The summed E-state index contributed by atoms with van der Waals surface area (Å²) < 4.78 is 0. The van der Waals surface area contributed by atoms with Crippen LogP contribution >= 0.6 is 0 Å². The molecule has 1 aliphatic rings. The molecule has 1 heterocycles. The quantitative estimate of drug-likeness (QED) is 0.647. The van der Waals surface area contributed by atoms with Crippen LogP contribution in [0.5, 0.6) is 0 Å².